The molecule has 52 valence electrons. The Morgan fingerprint density at radius 1 is 1.67 bits per heavy atom. The summed E-state index contributed by atoms with van der Waals surface area (Å²) in [5.74, 6) is -1.05. The Morgan fingerprint density at radius 2 is 2.11 bits per heavy atom. The van der Waals surface area contributed by atoms with Crippen molar-refractivity contribution in [2.45, 2.75) is 13.8 Å². The van der Waals surface area contributed by atoms with Crippen molar-refractivity contribution < 1.29 is 9.90 Å². The van der Waals surface area contributed by atoms with Crippen LogP contribution < -0.4 is 0 Å². The van der Waals surface area contributed by atoms with Crippen LogP contribution in [0.25, 0.3) is 0 Å². The Morgan fingerprint density at radius 3 is 2.11 bits per heavy atom. The fourth-order valence-electron chi connectivity index (χ4n) is 0.658. The SMILES string of the molecule is C=C[C@@H](C(=O)O)C(C)C. The topological polar surface area (TPSA) is 37.3 Å². The van der Waals surface area contributed by atoms with Crippen molar-refractivity contribution in [3.8, 4) is 0 Å². The maximum Gasteiger partial charge on any atom is 0.310 e. The lowest BCUT2D eigenvalue weighted by atomic mass is 9.97. The molecule has 0 aliphatic heterocycles. The summed E-state index contributed by atoms with van der Waals surface area (Å²) >= 11 is 0. The monoisotopic (exact) mass is 128 g/mol. The van der Waals surface area contributed by atoms with Crippen LogP contribution in [0.5, 0.6) is 0 Å². The minimum absolute atomic E-state index is 0.139. The number of hydrogen-bond acceptors (Lipinski definition) is 1. The lowest BCUT2D eigenvalue weighted by Gasteiger charge is -2.09. The van der Waals surface area contributed by atoms with E-state index in [4.69, 9.17) is 5.11 Å². The lowest BCUT2D eigenvalue weighted by Crippen LogP contribution is -2.16. The van der Waals surface area contributed by atoms with E-state index >= 15 is 0 Å². The molecule has 0 bridgehead atoms. The van der Waals surface area contributed by atoms with Gasteiger partial charge in [0.15, 0.2) is 0 Å². The predicted octanol–water partition coefficient (Wildman–Crippen LogP) is 1.53. The van der Waals surface area contributed by atoms with E-state index in [-0.39, 0.29) is 5.92 Å². The third kappa shape index (κ3) is 2.31. The van der Waals surface area contributed by atoms with E-state index < -0.39 is 11.9 Å². The molecule has 1 N–H and O–H groups in total. The number of hydrogen-bond donors (Lipinski definition) is 1. The second kappa shape index (κ2) is 3.28. The highest BCUT2D eigenvalue weighted by molar-refractivity contribution is 5.72. The molecule has 2 heteroatoms. The van der Waals surface area contributed by atoms with E-state index in [0.717, 1.165) is 0 Å². The Hall–Kier alpha value is -0.790. The van der Waals surface area contributed by atoms with Crippen LogP contribution in [0.1, 0.15) is 13.8 Å². The van der Waals surface area contributed by atoms with Gasteiger partial charge in [0.25, 0.3) is 0 Å². The second-order valence-electron chi connectivity index (χ2n) is 2.34. The molecule has 2 nitrogen and oxygen atoms in total. The van der Waals surface area contributed by atoms with Crippen LogP contribution in [0.3, 0.4) is 0 Å². The average molecular weight is 128 g/mol. The first-order valence-electron chi connectivity index (χ1n) is 2.95. The normalized spacial score (nSPS) is 13.2. The Balaban J connectivity index is 3.98. The molecule has 0 radical (unpaired) electrons. The summed E-state index contributed by atoms with van der Waals surface area (Å²) in [5, 5.41) is 8.47. The largest absolute Gasteiger partial charge is 0.481 e. The van der Waals surface area contributed by atoms with Gasteiger partial charge in [-0.25, -0.2) is 0 Å². The van der Waals surface area contributed by atoms with Crippen LogP contribution >= 0.6 is 0 Å². The molecule has 0 aliphatic carbocycles. The van der Waals surface area contributed by atoms with E-state index in [1.54, 1.807) is 0 Å². The zero-order chi connectivity index (χ0) is 7.44. The molecule has 0 aromatic rings. The van der Waals surface area contributed by atoms with Gasteiger partial charge in [-0.05, 0) is 5.92 Å². The lowest BCUT2D eigenvalue weighted by molar-refractivity contribution is -0.141. The number of aliphatic carboxylic acids is 1. The van der Waals surface area contributed by atoms with Gasteiger partial charge in [0, 0.05) is 0 Å². The van der Waals surface area contributed by atoms with E-state index in [1.807, 2.05) is 13.8 Å². The summed E-state index contributed by atoms with van der Waals surface area (Å²) in [6, 6.07) is 0. The minimum Gasteiger partial charge on any atom is -0.481 e. The van der Waals surface area contributed by atoms with Crippen molar-refractivity contribution in [2.24, 2.45) is 11.8 Å². The molecule has 0 aliphatic rings. The Bertz CT molecular complexity index is 116. The molecule has 0 fully saturated rings. The third-order valence-electron chi connectivity index (χ3n) is 1.26. The van der Waals surface area contributed by atoms with Crippen molar-refractivity contribution in [1.29, 1.82) is 0 Å². The van der Waals surface area contributed by atoms with Gasteiger partial charge in [-0.3, -0.25) is 4.79 Å². The summed E-state index contributed by atoms with van der Waals surface area (Å²) < 4.78 is 0. The summed E-state index contributed by atoms with van der Waals surface area (Å²) in [7, 11) is 0. The molecule has 0 saturated heterocycles. The van der Waals surface area contributed by atoms with Gasteiger partial charge in [-0.15, -0.1) is 6.58 Å². The molecule has 9 heavy (non-hydrogen) atoms. The number of carbonyl (C=O) groups is 1. The second-order valence-corrected chi connectivity index (χ2v) is 2.34. The number of carboxylic acids is 1. The molecule has 0 aromatic carbocycles. The first-order valence-corrected chi connectivity index (χ1v) is 2.95. The van der Waals surface area contributed by atoms with Crippen molar-refractivity contribution in [3.05, 3.63) is 12.7 Å². The van der Waals surface area contributed by atoms with E-state index in [0.29, 0.717) is 0 Å². The fourth-order valence-corrected chi connectivity index (χ4v) is 0.658. The standard InChI is InChI=1S/C7H12O2/c1-4-6(5(2)3)7(8)9/h4-6H,1H2,2-3H3,(H,8,9)/t6-/m1/s1. The molecule has 0 heterocycles. The van der Waals surface area contributed by atoms with Crippen LogP contribution in [-0.4, -0.2) is 11.1 Å². The van der Waals surface area contributed by atoms with Crippen LogP contribution in [0.2, 0.25) is 0 Å². The maximum atomic E-state index is 10.3. The van der Waals surface area contributed by atoms with E-state index in [2.05, 4.69) is 6.58 Å². The van der Waals surface area contributed by atoms with Gasteiger partial charge in [0.2, 0.25) is 0 Å². The maximum absolute atomic E-state index is 10.3. The smallest absolute Gasteiger partial charge is 0.310 e. The molecular weight excluding hydrogens is 116 g/mol. The van der Waals surface area contributed by atoms with Crippen LogP contribution in [0.4, 0.5) is 0 Å². The van der Waals surface area contributed by atoms with Crippen molar-refractivity contribution in [3.63, 3.8) is 0 Å². The molecule has 0 aromatic heterocycles. The van der Waals surface area contributed by atoms with Crippen molar-refractivity contribution in [1.82, 2.24) is 0 Å². The molecule has 0 amide bonds. The highest BCUT2D eigenvalue weighted by Crippen LogP contribution is 2.10. The van der Waals surface area contributed by atoms with E-state index in [1.165, 1.54) is 6.08 Å². The third-order valence-corrected chi connectivity index (χ3v) is 1.26. The molecule has 0 unspecified atom stereocenters. The molecular formula is C7H12O2. The van der Waals surface area contributed by atoms with Crippen LogP contribution in [0, 0.1) is 11.8 Å². The number of carboxylic acid groups (broad SMARTS) is 1. The Kier molecular flexibility index (Phi) is 2.99. The summed E-state index contributed by atoms with van der Waals surface area (Å²) in [5.41, 5.74) is 0. The summed E-state index contributed by atoms with van der Waals surface area (Å²) in [6.07, 6.45) is 1.47. The first-order chi connectivity index (χ1) is 4.09. The highest BCUT2D eigenvalue weighted by atomic mass is 16.4. The first kappa shape index (κ1) is 8.21. The highest BCUT2D eigenvalue weighted by Gasteiger charge is 2.16. The fraction of sp³-hybridized carbons (Fsp3) is 0.571. The van der Waals surface area contributed by atoms with Gasteiger partial charge in [-0.2, -0.15) is 0 Å². The Labute approximate surface area is 55.2 Å². The molecule has 0 rings (SSSR count). The zero-order valence-corrected chi connectivity index (χ0v) is 5.79. The zero-order valence-electron chi connectivity index (χ0n) is 5.79. The summed E-state index contributed by atoms with van der Waals surface area (Å²) in [6.45, 7) is 7.15. The van der Waals surface area contributed by atoms with Gasteiger partial charge >= 0.3 is 5.97 Å². The average Bonchev–Trinajstić information content (AvgIpc) is 1.64. The van der Waals surface area contributed by atoms with Crippen molar-refractivity contribution >= 4 is 5.97 Å². The van der Waals surface area contributed by atoms with E-state index in [9.17, 15) is 4.79 Å². The van der Waals surface area contributed by atoms with Gasteiger partial charge in [0.1, 0.15) is 0 Å². The van der Waals surface area contributed by atoms with Gasteiger partial charge < -0.3 is 5.11 Å². The molecule has 0 spiro atoms. The van der Waals surface area contributed by atoms with Crippen LogP contribution in [-0.2, 0) is 4.79 Å². The predicted molar refractivity (Wildman–Crippen MR) is 36.2 cm³/mol. The van der Waals surface area contributed by atoms with Crippen molar-refractivity contribution in [2.75, 3.05) is 0 Å². The minimum atomic E-state index is -0.792. The van der Waals surface area contributed by atoms with Crippen LogP contribution in [0.15, 0.2) is 12.7 Å². The molecule has 1 atom stereocenters. The number of rotatable bonds is 3. The molecule has 0 saturated carbocycles. The van der Waals surface area contributed by atoms with Gasteiger partial charge in [0.05, 0.1) is 5.92 Å². The quantitative estimate of drug-likeness (QED) is 0.585. The van der Waals surface area contributed by atoms with Gasteiger partial charge in [-0.1, -0.05) is 19.9 Å². The summed E-state index contributed by atoms with van der Waals surface area (Å²) in [4.78, 5) is 10.3.